The van der Waals surface area contributed by atoms with E-state index in [1.807, 2.05) is 45.3 Å². The van der Waals surface area contributed by atoms with Crippen molar-refractivity contribution in [2.45, 2.75) is 32.4 Å². The number of carbonyl (C=O) groups excluding carboxylic acids is 1. The standard InChI is InChI=1S/C16H27N3O2.ClH/c1-4-5-15(17)16(20)18-12-13-6-8-14(9-7-13)21-11-10-19(2)3;/h6-9,15H,4-5,10-12,17H2,1-3H3,(H,18,20);1H. The van der Waals surface area contributed by atoms with E-state index in [1.165, 1.54) is 0 Å². The van der Waals surface area contributed by atoms with Gasteiger partial charge in [-0.3, -0.25) is 4.79 Å². The monoisotopic (exact) mass is 329 g/mol. The lowest BCUT2D eigenvalue weighted by atomic mass is 10.1. The van der Waals surface area contributed by atoms with Gasteiger partial charge in [0.1, 0.15) is 12.4 Å². The summed E-state index contributed by atoms with van der Waals surface area (Å²) in [6.07, 6.45) is 1.62. The predicted molar refractivity (Wildman–Crippen MR) is 92.5 cm³/mol. The van der Waals surface area contributed by atoms with Crippen LogP contribution in [0.3, 0.4) is 0 Å². The zero-order chi connectivity index (χ0) is 15.7. The summed E-state index contributed by atoms with van der Waals surface area (Å²) in [6, 6.07) is 7.34. The Morgan fingerprint density at radius 3 is 2.50 bits per heavy atom. The molecule has 1 amide bonds. The van der Waals surface area contributed by atoms with Crippen molar-refractivity contribution >= 4 is 18.3 Å². The van der Waals surface area contributed by atoms with Gasteiger partial charge < -0.3 is 20.7 Å². The fourth-order valence-electron chi connectivity index (χ4n) is 1.81. The van der Waals surface area contributed by atoms with Gasteiger partial charge in [0.2, 0.25) is 5.91 Å². The van der Waals surface area contributed by atoms with E-state index in [-0.39, 0.29) is 18.3 Å². The first-order valence-electron chi connectivity index (χ1n) is 7.42. The Morgan fingerprint density at radius 1 is 1.32 bits per heavy atom. The van der Waals surface area contributed by atoms with Gasteiger partial charge in [-0.25, -0.2) is 0 Å². The molecule has 6 heteroatoms. The van der Waals surface area contributed by atoms with Gasteiger partial charge in [0.25, 0.3) is 0 Å². The number of hydrogen-bond donors (Lipinski definition) is 2. The van der Waals surface area contributed by atoms with Crippen LogP contribution in [0.15, 0.2) is 24.3 Å². The number of carbonyl (C=O) groups is 1. The van der Waals surface area contributed by atoms with Crippen molar-refractivity contribution in [2.75, 3.05) is 27.2 Å². The molecule has 5 nitrogen and oxygen atoms in total. The maximum atomic E-state index is 11.7. The summed E-state index contributed by atoms with van der Waals surface area (Å²) < 4.78 is 5.62. The molecule has 0 saturated carbocycles. The topological polar surface area (TPSA) is 67.6 Å². The number of nitrogens with one attached hydrogen (secondary N) is 1. The highest BCUT2D eigenvalue weighted by molar-refractivity contribution is 5.85. The minimum Gasteiger partial charge on any atom is -0.492 e. The molecule has 0 bridgehead atoms. The van der Waals surface area contributed by atoms with Crippen LogP contribution < -0.4 is 15.8 Å². The number of amides is 1. The third-order valence-electron chi connectivity index (χ3n) is 3.13. The van der Waals surface area contributed by atoms with Crippen LogP contribution in [0.2, 0.25) is 0 Å². The Labute approximate surface area is 139 Å². The summed E-state index contributed by atoms with van der Waals surface area (Å²) in [7, 11) is 4.02. The van der Waals surface area contributed by atoms with Crippen LogP contribution in [0, 0.1) is 0 Å². The molecule has 1 unspecified atom stereocenters. The molecular formula is C16H28ClN3O2. The van der Waals surface area contributed by atoms with E-state index in [0.717, 1.165) is 24.3 Å². The predicted octanol–water partition coefficient (Wildman–Crippen LogP) is 1.79. The largest absolute Gasteiger partial charge is 0.492 e. The number of nitrogens with zero attached hydrogens (tertiary/aromatic N) is 1. The SMILES string of the molecule is CCCC(N)C(=O)NCc1ccc(OCCN(C)C)cc1.Cl. The quantitative estimate of drug-likeness (QED) is 0.725. The summed E-state index contributed by atoms with van der Waals surface area (Å²) in [4.78, 5) is 13.8. The van der Waals surface area contributed by atoms with E-state index in [4.69, 9.17) is 10.5 Å². The molecule has 1 atom stereocenters. The van der Waals surface area contributed by atoms with E-state index in [0.29, 0.717) is 19.6 Å². The molecule has 0 saturated heterocycles. The number of ether oxygens (including phenoxy) is 1. The molecule has 1 aromatic rings. The first kappa shape index (κ1) is 20.7. The highest BCUT2D eigenvalue weighted by Gasteiger charge is 2.11. The molecule has 0 aliphatic rings. The minimum atomic E-state index is -0.413. The Kier molecular flexibility index (Phi) is 10.6. The summed E-state index contributed by atoms with van der Waals surface area (Å²) in [6.45, 7) is 4.05. The Morgan fingerprint density at radius 2 is 1.95 bits per heavy atom. The van der Waals surface area contributed by atoms with Crippen LogP contribution in [0.25, 0.3) is 0 Å². The van der Waals surface area contributed by atoms with Crippen molar-refractivity contribution in [3.63, 3.8) is 0 Å². The molecular weight excluding hydrogens is 302 g/mol. The van der Waals surface area contributed by atoms with Gasteiger partial charge in [-0.1, -0.05) is 25.5 Å². The van der Waals surface area contributed by atoms with Crippen molar-refractivity contribution in [2.24, 2.45) is 5.73 Å². The van der Waals surface area contributed by atoms with E-state index >= 15 is 0 Å². The molecule has 1 aromatic carbocycles. The van der Waals surface area contributed by atoms with Gasteiger partial charge in [0.15, 0.2) is 0 Å². The highest BCUT2D eigenvalue weighted by Crippen LogP contribution is 2.12. The van der Waals surface area contributed by atoms with Crippen molar-refractivity contribution in [1.82, 2.24) is 10.2 Å². The van der Waals surface area contributed by atoms with Gasteiger partial charge in [-0.15, -0.1) is 12.4 Å². The lowest BCUT2D eigenvalue weighted by Crippen LogP contribution is -2.40. The highest BCUT2D eigenvalue weighted by atomic mass is 35.5. The molecule has 22 heavy (non-hydrogen) atoms. The van der Waals surface area contributed by atoms with Crippen LogP contribution in [0.5, 0.6) is 5.75 Å². The number of rotatable bonds is 9. The van der Waals surface area contributed by atoms with Gasteiger partial charge in [-0.05, 0) is 38.2 Å². The number of nitrogens with two attached hydrogens (primary N) is 1. The van der Waals surface area contributed by atoms with E-state index in [9.17, 15) is 4.79 Å². The lowest BCUT2D eigenvalue weighted by molar-refractivity contribution is -0.122. The molecule has 0 aliphatic heterocycles. The molecule has 0 spiro atoms. The van der Waals surface area contributed by atoms with Gasteiger partial charge in [0, 0.05) is 13.1 Å². The molecule has 126 valence electrons. The molecule has 0 aromatic heterocycles. The normalized spacial score (nSPS) is 11.7. The molecule has 1 rings (SSSR count). The van der Waals surface area contributed by atoms with Crippen molar-refractivity contribution in [3.8, 4) is 5.75 Å². The number of hydrogen-bond acceptors (Lipinski definition) is 4. The van der Waals surface area contributed by atoms with Crippen molar-refractivity contribution < 1.29 is 9.53 Å². The second-order valence-corrected chi connectivity index (χ2v) is 5.41. The Balaban J connectivity index is 0.00000441. The zero-order valence-electron chi connectivity index (χ0n) is 13.7. The first-order chi connectivity index (χ1) is 10.0. The zero-order valence-corrected chi connectivity index (χ0v) is 14.5. The lowest BCUT2D eigenvalue weighted by Gasteiger charge is -2.12. The van der Waals surface area contributed by atoms with E-state index in [2.05, 4.69) is 10.2 Å². The van der Waals surface area contributed by atoms with Crippen LogP contribution in [-0.4, -0.2) is 44.1 Å². The molecule has 0 fully saturated rings. The van der Waals surface area contributed by atoms with E-state index < -0.39 is 6.04 Å². The minimum absolute atomic E-state index is 0. The Bertz CT molecular complexity index is 424. The van der Waals surface area contributed by atoms with Gasteiger partial charge in [0.05, 0.1) is 6.04 Å². The summed E-state index contributed by atoms with van der Waals surface area (Å²) in [5.74, 6) is 0.748. The van der Waals surface area contributed by atoms with Crippen LogP contribution in [0.4, 0.5) is 0 Å². The van der Waals surface area contributed by atoms with Crippen molar-refractivity contribution in [3.05, 3.63) is 29.8 Å². The van der Waals surface area contributed by atoms with Crippen LogP contribution in [0.1, 0.15) is 25.3 Å². The second kappa shape index (κ2) is 11.3. The maximum absolute atomic E-state index is 11.7. The molecule has 0 aliphatic carbocycles. The first-order valence-corrected chi connectivity index (χ1v) is 7.42. The van der Waals surface area contributed by atoms with Gasteiger partial charge >= 0.3 is 0 Å². The van der Waals surface area contributed by atoms with Crippen LogP contribution in [-0.2, 0) is 11.3 Å². The third kappa shape index (κ3) is 8.22. The maximum Gasteiger partial charge on any atom is 0.237 e. The number of benzene rings is 1. The molecule has 0 heterocycles. The average Bonchev–Trinajstić information content (AvgIpc) is 2.46. The van der Waals surface area contributed by atoms with Crippen LogP contribution >= 0.6 is 12.4 Å². The van der Waals surface area contributed by atoms with Gasteiger partial charge in [-0.2, -0.15) is 0 Å². The number of likely N-dealkylation sites (N-methyl/N-ethyl adjacent to an activating group) is 1. The molecule has 3 N–H and O–H groups in total. The fraction of sp³-hybridized carbons (Fsp3) is 0.562. The smallest absolute Gasteiger partial charge is 0.237 e. The number of halogens is 1. The third-order valence-corrected chi connectivity index (χ3v) is 3.13. The summed E-state index contributed by atoms with van der Waals surface area (Å²) >= 11 is 0. The van der Waals surface area contributed by atoms with Crippen molar-refractivity contribution in [1.29, 1.82) is 0 Å². The summed E-state index contributed by atoms with van der Waals surface area (Å²) in [5.41, 5.74) is 6.79. The Hall–Kier alpha value is -1.30. The van der Waals surface area contributed by atoms with E-state index in [1.54, 1.807) is 0 Å². The fourth-order valence-corrected chi connectivity index (χ4v) is 1.81. The summed E-state index contributed by atoms with van der Waals surface area (Å²) in [5, 5.41) is 2.85. The average molecular weight is 330 g/mol. The second-order valence-electron chi connectivity index (χ2n) is 5.41. The molecule has 0 radical (unpaired) electrons.